The Morgan fingerprint density at radius 2 is 2.25 bits per heavy atom. The molecule has 1 nitrogen and oxygen atoms in total. The summed E-state index contributed by atoms with van der Waals surface area (Å²) < 4.78 is 0. The predicted octanol–water partition coefficient (Wildman–Crippen LogP) is 3.05. The molecule has 0 spiro atoms. The van der Waals surface area contributed by atoms with Crippen LogP contribution in [0.25, 0.3) is 0 Å². The summed E-state index contributed by atoms with van der Waals surface area (Å²) in [5, 5.41) is 0. The van der Waals surface area contributed by atoms with Gasteiger partial charge in [0, 0.05) is 11.6 Å². The fourth-order valence-corrected chi connectivity index (χ4v) is 3.26. The van der Waals surface area contributed by atoms with E-state index in [0.717, 1.165) is 5.92 Å². The molecule has 1 aliphatic heterocycles. The van der Waals surface area contributed by atoms with Crippen LogP contribution >= 0.6 is 0 Å². The molecule has 0 aromatic carbocycles. The largest absolute Gasteiger partial charge is 0.290 e. The fraction of sp³-hybridized carbons (Fsp3) is 0.909. The van der Waals surface area contributed by atoms with E-state index >= 15 is 0 Å². The molecule has 0 aromatic rings. The standard InChI is InChI=1S/C11H19N/c1-4-11-6-9(2)5-10(3,7-11)8-12-11/h8-9H,4-7H2,1-3H3. The molecule has 3 atom stereocenters. The number of hydrogen-bond acceptors (Lipinski definition) is 1. The van der Waals surface area contributed by atoms with Gasteiger partial charge in [0.25, 0.3) is 0 Å². The van der Waals surface area contributed by atoms with Crippen LogP contribution < -0.4 is 0 Å². The van der Waals surface area contributed by atoms with Gasteiger partial charge in [0.15, 0.2) is 0 Å². The fourth-order valence-electron chi connectivity index (χ4n) is 3.26. The van der Waals surface area contributed by atoms with Crippen LogP contribution in [-0.4, -0.2) is 11.8 Å². The zero-order valence-electron chi connectivity index (χ0n) is 8.43. The first-order valence-electron chi connectivity index (χ1n) is 5.14. The smallest absolute Gasteiger partial charge is 0.0613 e. The third-order valence-electron chi connectivity index (χ3n) is 3.58. The van der Waals surface area contributed by atoms with Crippen LogP contribution in [0.15, 0.2) is 4.99 Å². The Morgan fingerprint density at radius 3 is 2.92 bits per heavy atom. The first-order valence-corrected chi connectivity index (χ1v) is 5.14. The SMILES string of the molecule is CCC12CC(C)CC(C)(C=N1)C2. The minimum Gasteiger partial charge on any atom is -0.290 e. The first kappa shape index (κ1) is 8.28. The van der Waals surface area contributed by atoms with Gasteiger partial charge in [-0.1, -0.05) is 20.8 Å². The number of rotatable bonds is 1. The summed E-state index contributed by atoms with van der Waals surface area (Å²) in [6, 6.07) is 0. The maximum Gasteiger partial charge on any atom is 0.0613 e. The van der Waals surface area contributed by atoms with Crippen LogP contribution in [0.1, 0.15) is 46.5 Å². The summed E-state index contributed by atoms with van der Waals surface area (Å²) in [7, 11) is 0. The van der Waals surface area contributed by atoms with Crippen molar-refractivity contribution in [1.82, 2.24) is 0 Å². The Hall–Kier alpha value is -0.330. The van der Waals surface area contributed by atoms with Crippen LogP contribution in [-0.2, 0) is 0 Å². The number of hydrogen-bond donors (Lipinski definition) is 0. The Labute approximate surface area is 75.3 Å². The van der Waals surface area contributed by atoms with Crippen molar-refractivity contribution in [2.45, 2.75) is 52.0 Å². The van der Waals surface area contributed by atoms with Crippen molar-refractivity contribution in [1.29, 1.82) is 0 Å². The van der Waals surface area contributed by atoms with Crippen LogP contribution in [0.5, 0.6) is 0 Å². The highest BCUT2D eigenvalue weighted by Crippen LogP contribution is 2.50. The summed E-state index contributed by atoms with van der Waals surface area (Å²) in [6.45, 7) is 7.02. The molecule has 2 bridgehead atoms. The third kappa shape index (κ3) is 1.10. The minimum absolute atomic E-state index is 0.340. The van der Waals surface area contributed by atoms with Gasteiger partial charge in [0.1, 0.15) is 0 Å². The van der Waals surface area contributed by atoms with Crippen LogP contribution in [0.3, 0.4) is 0 Å². The van der Waals surface area contributed by atoms with Crippen molar-refractivity contribution in [2.24, 2.45) is 16.3 Å². The molecule has 0 radical (unpaired) electrons. The van der Waals surface area contributed by atoms with Crippen molar-refractivity contribution in [3.05, 3.63) is 0 Å². The highest BCUT2D eigenvalue weighted by molar-refractivity contribution is 5.69. The van der Waals surface area contributed by atoms with Gasteiger partial charge < -0.3 is 0 Å². The lowest BCUT2D eigenvalue weighted by Gasteiger charge is -2.39. The van der Waals surface area contributed by atoms with Gasteiger partial charge >= 0.3 is 0 Å². The van der Waals surface area contributed by atoms with E-state index in [2.05, 4.69) is 27.0 Å². The molecule has 1 fully saturated rings. The lowest BCUT2D eigenvalue weighted by atomic mass is 9.66. The maximum absolute atomic E-state index is 4.74. The average Bonchev–Trinajstić information content (AvgIpc) is 2.23. The molecule has 1 saturated carbocycles. The van der Waals surface area contributed by atoms with E-state index in [9.17, 15) is 0 Å². The lowest BCUT2D eigenvalue weighted by Crippen LogP contribution is -2.36. The number of aliphatic imine (C=N–C) groups is 1. The van der Waals surface area contributed by atoms with Gasteiger partial charge in [0.2, 0.25) is 0 Å². The molecule has 68 valence electrons. The number of fused-ring (bicyclic) bond motifs is 2. The van der Waals surface area contributed by atoms with Crippen LogP contribution in [0.4, 0.5) is 0 Å². The van der Waals surface area contributed by atoms with Crippen molar-refractivity contribution >= 4 is 6.21 Å². The van der Waals surface area contributed by atoms with E-state index in [4.69, 9.17) is 4.99 Å². The molecule has 2 rings (SSSR count). The normalized spacial score (nSPS) is 51.4. The molecular formula is C11H19N. The van der Waals surface area contributed by atoms with E-state index in [-0.39, 0.29) is 0 Å². The molecular weight excluding hydrogens is 146 g/mol. The van der Waals surface area contributed by atoms with Crippen molar-refractivity contribution in [2.75, 3.05) is 0 Å². The van der Waals surface area contributed by atoms with Crippen LogP contribution in [0, 0.1) is 11.3 Å². The van der Waals surface area contributed by atoms with E-state index in [1.54, 1.807) is 0 Å². The minimum atomic E-state index is 0.340. The quantitative estimate of drug-likeness (QED) is 0.566. The molecule has 1 heterocycles. The van der Waals surface area contributed by atoms with Gasteiger partial charge in [-0.2, -0.15) is 0 Å². The van der Waals surface area contributed by atoms with Gasteiger partial charge in [-0.15, -0.1) is 0 Å². The summed E-state index contributed by atoms with van der Waals surface area (Å²) in [5.74, 6) is 0.867. The monoisotopic (exact) mass is 165 g/mol. The van der Waals surface area contributed by atoms with E-state index in [0.29, 0.717) is 11.0 Å². The summed E-state index contributed by atoms with van der Waals surface area (Å²) in [4.78, 5) is 4.74. The van der Waals surface area contributed by atoms with Crippen LogP contribution in [0.2, 0.25) is 0 Å². The first-order chi connectivity index (χ1) is 5.58. The van der Waals surface area contributed by atoms with Gasteiger partial charge in [-0.25, -0.2) is 0 Å². The highest BCUT2D eigenvalue weighted by Gasteiger charge is 2.47. The van der Waals surface area contributed by atoms with Crippen molar-refractivity contribution < 1.29 is 0 Å². The zero-order chi connectivity index (χ0) is 8.82. The molecule has 1 heteroatoms. The predicted molar refractivity (Wildman–Crippen MR) is 52.6 cm³/mol. The number of nitrogens with zero attached hydrogens (tertiary/aromatic N) is 1. The van der Waals surface area contributed by atoms with Gasteiger partial charge in [-0.05, 0) is 31.6 Å². The van der Waals surface area contributed by atoms with Gasteiger partial charge in [0.05, 0.1) is 5.54 Å². The summed E-state index contributed by atoms with van der Waals surface area (Å²) >= 11 is 0. The average molecular weight is 165 g/mol. The molecule has 1 aliphatic carbocycles. The molecule has 2 aliphatic rings. The molecule has 0 saturated heterocycles. The lowest BCUT2D eigenvalue weighted by molar-refractivity contribution is 0.172. The maximum atomic E-state index is 4.74. The third-order valence-corrected chi connectivity index (χ3v) is 3.58. The second-order valence-electron chi connectivity index (χ2n) is 5.18. The Bertz CT molecular complexity index is 221. The summed E-state index contributed by atoms with van der Waals surface area (Å²) in [6.07, 6.45) is 7.43. The zero-order valence-corrected chi connectivity index (χ0v) is 8.43. The molecule has 0 N–H and O–H groups in total. The second kappa shape index (κ2) is 2.34. The Balaban J connectivity index is 2.26. The molecule has 0 amide bonds. The molecule has 3 unspecified atom stereocenters. The van der Waals surface area contributed by atoms with Crippen molar-refractivity contribution in [3.8, 4) is 0 Å². The Morgan fingerprint density at radius 1 is 1.50 bits per heavy atom. The second-order valence-corrected chi connectivity index (χ2v) is 5.18. The molecule has 12 heavy (non-hydrogen) atoms. The molecule has 0 aromatic heterocycles. The topological polar surface area (TPSA) is 12.4 Å². The Kier molecular flexibility index (Phi) is 1.61. The van der Waals surface area contributed by atoms with E-state index < -0.39 is 0 Å². The van der Waals surface area contributed by atoms with E-state index in [1.807, 2.05) is 0 Å². The van der Waals surface area contributed by atoms with Gasteiger partial charge in [-0.3, -0.25) is 4.99 Å². The van der Waals surface area contributed by atoms with E-state index in [1.165, 1.54) is 25.7 Å². The summed E-state index contributed by atoms with van der Waals surface area (Å²) in [5.41, 5.74) is 0.778. The van der Waals surface area contributed by atoms with Crippen molar-refractivity contribution in [3.63, 3.8) is 0 Å². The highest BCUT2D eigenvalue weighted by atomic mass is 14.9.